The third kappa shape index (κ3) is 4.82. The first-order chi connectivity index (χ1) is 13.7. The summed E-state index contributed by atoms with van der Waals surface area (Å²) in [5.41, 5.74) is 3.61. The van der Waals surface area contributed by atoms with Gasteiger partial charge in [0.1, 0.15) is 0 Å². The standard InChI is InChI=1S/C27H31Cl/c1-2-3-22-8-13-26-19-25(15-14-24(26)18-22)23-11-6-20(7-12-23)4-5-21-9-16-27(28)17-10-21/h6-7,9-12,16-17,22,24-26H,2-3,8,13-15,18-19H2,1H3. The minimum Gasteiger partial charge on any atom is -0.0843 e. The molecule has 0 aliphatic heterocycles. The predicted molar refractivity (Wildman–Crippen MR) is 120 cm³/mol. The molecular weight excluding hydrogens is 360 g/mol. The van der Waals surface area contributed by atoms with Crippen LogP contribution in [0, 0.1) is 29.6 Å². The molecule has 4 atom stereocenters. The largest absolute Gasteiger partial charge is 0.0843 e. The normalized spacial score (nSPS) is 26.8. The molecule has 2 fully saturated rings. The van der Waals surface area contributed by atoms with E-state index in [-0.39, 0.29) is 0 Å². The highest BCUT2D eigenvalue weighted by Crippen LogP contribution is 2.48. The Labute approximate surface area is 175 Å². The average Bonchev–Trinajstić information content (AvgIpc) is 2.74. The van der Waals surface area contributed by atoms with Crippen LogP contribution in [0.5, 0.6) is 0 Å². The average molecular weight is 391 g/mol. The van der Waals surface area contributed by atoms with Crippen molar-refractivity contribution in [1.82, 2.24) is 0 Å². The van der Waals surface area contributed by atoms with Crippen molar-refractivity contribution in [2.24, 2.45) is 17.8 Å². The second-order valence-corrected chi connectivity index (χ2v) is 9.31. The van der Waals surface area contributed by atoms with Gasteiger partial charge in [0.05, 0.1) is 0 Å². The Morgan fingerprint density at radius 3 is 2.07 bits per heavy atom. The molecule has 0 heterocycles. The zero-order valence-corrected chi connectivity index (χ0v) is 17.7. The number of fused-ring (bicyclic) bond motifs is 1. The summed E-state index contributed by atoms with van der Waals surface area (Å²) in [7, 11) is 0. The lowest BCUT2D eigenvalue weighted by atomic mass is 9.63. The molecule has 0 nitrogen and oxygen atoms in total. The van der Waals surface area contributed by atoms with E-state index in [0.29, 0.717) is 0 Å². The van der Waals surface area contributed by atoms with Crippen molar-refractivity contribution in [3.8, 4) is 11.8 Å². The van der Waals surface area contributed by atoms with Crippen molar-refractivity contribution < 1.29 is 0 Å². The lowest BCUT2D eigenvalue weighted by Crippen LogP contribution is -2.30. The summed E-state index contributed by atoms with van der Waals surface area (Å²) < 4.78 is 0. The summed E-state index contributed by atoms with van der Waals surface area (Å²) in [6.07, 6.45) is 11.5. The van der Waals surface area contributed by atoms with Crippen molar-refractivity contribution in [2.45, 2.75) is 64.2 Å². The second-order valence-electron chi connectivity index (χ2n) is 8.88. The van der Waals surface area contributed by atoms with Crippen molar-refractivity contribution in [2.75, 3.05) is 0 Å². The highest BCUT2D eigenvalue weighted by Gasteiger charge is 2.35. The van der Waals surface area contributed by atoms with Crippen molar-refractivity contribution in [1.29, 1.82) is 0 Å². The highest BCUT2D eigenvalue weighted by molar-refractivity contribution is 6.30. The Morgan fingerprint density at radius 1 is 0.786 bits per heavy atom. The van der Waals surface area contributed by atoms with Gasteiger partial charge in [0.25, 0.3) is 0 Å². The fraction of sp³-hybridized carbons (Fsp3) is 0.481. The molecule has 0 amide bonds. The van der Waals surface area contributed by atoms with E-state index in [9.17, 15) is 0 Å². The summed E-state index contributed by atoms with van der Waals surface area (Å²) in [5, 5.41) is 0.753. The van der Waals surface area contributed by atoms with Crippen LogP contribution in [0.25, 0.3) is 0 Å². The SMILES string of the molecule is CCCC1CCC2CC(c3ccc(C#Cc4ccc(Cl)cc4)cc3)CCC2C1. The van der Waals surface area contributed by atoms with Crippen LogP contribution in [0.3, 0.4) is 0 Å². The topological polar surface area (TPSA) is 0 Å². The zero-order valence-electron chi connectivity index (χ0n) is 17.0. The van der Waals surface area contributed by atoms with Crippen LogP contribution in [-0.2, 0) is 0 Å². The number of rotatable bonds is 3. The van der Waals surface area contributed by atoms with Crippen molar-refractivity contribution >= 4 is 11.6 Å². The third-order valence-electron chi connectivity index (χ3n) is 7.00. The molecule has 0 spiro atoms. The molecule has 4 rings (SSSR count). The minimum absolute atomic E-state index is 0.752. The fourth-order valence-corrected chi connectivity index (χ4v) is 5.60. The van der Waals surface area contributed by atoms with Crippen LogP contribution >= 0.6 is 11.6 Å². The lowest BCUT2D eigenvalue weighted by molar-refractivity contribution is 0.114. The molecule has 2 saturated carbocycles. The quantitative estimate of drug-likeness (QED) is 0.468. The molecule has 2 aromatic carbocycles. The smallest absolute Gasteiger partial charge is 0.0406 e. The first-order valence-electron chi connectivity index (χ1n) is 11.1. The molecule has 4 unspecified atom stereocenters. The van der Waals surface area contributed by atoms with Gasteiger partial charge in [-0.15, -0.1) is 0 Å². The van der Waals surface area contributed by atoms with E-state index in [1.54, 1.807) is 0 Å². The number of hydrogen-bond donors (Lipinski definition) is 0. The zero-order chi connectivity index (χ0) is 19.3. The maximum atomic E-state index is 5.94. The molecule has 0 saturated heterocycles. The number of halogens is 1. The maximum Gasteiger partial charge on any atom is 0.0406 e. The van der Waals surface area contributed by atoms with Crippen LogP contribution in [0.4, 0.5) is 0 Å². The van der Waals surface area contributed by atoms with E-state index in [1.165, 1.54) is 56.9 Å². The second kappa shape index (κ2) is 9.19. The van der Waals surface area contributed by atoms with Gasteiger partial charge in [0.15, 0.2) is 0 Å². The van der Waals surface area contributed by atoms with E-state index in [2.05, 4.69) is 43.0 Å². The molecule has 1 heteroatoms. The van der Waals surface area contributed by atoms with Crippen molar-refractivity contribution in [3.63, 3.8) is 0 Å². The summed E-state index contributed by atoms with van der Waals surface area (Å²) in [5.74, 6) is 10.3. The molecule has 146 valence electrons. The van der Waals surface area contributed by atoms with Gasteiger partial charge in [0.2, 0.25) is 0 Å². The molecule has 0 bridgehead atoms. The van der Waals surface area contributed by atoms with Crippen LogP contribution in [0.1, 0.15) is 80.9 Å². The maximum absolute atomic E-state index is 5.94. The summed E-state index contributed by atoms with van der Waals surface area (Å²) in [6, 6.07) is 16.8. The van der Waals surface area contributed by atoms with Gasteiger partial charge in [0, 0.05) is 16.1 Å². The van der Waals surface area contributed by atoms with E-state index in [0.717, 1.165) is 39.8 Å². The van der Waals surface area contributed by atoms with Gasteiger partial charge in [-0.2, -0.15) is 0 Å². The van der Waals surface area contributed by atoms with Gasteiger partial charge in [-0.05, 0) is 97.7 Å². The monoisotopic (exact) mass is 390 g/mol. The molecule has 2 aliphatic rings. The van der Waals surface area contributed by atoms with Crippen LogP contribution in [-0.4, -0.2) is 0 Å². The molecule has 2 aliphatic carbocycles. The van der Waals surface area contributed by atoms with Gasteiger partial charge >= 0.3 is 0 Å². The van der Waals surface area contributed by atoms with Gasteiger partial charge in [-0.25, -0.2) is 0 Å². The van der Waals surface area contributed by atoms with Gasteiger partial charge < -0.3 is 0 Å². The Kier molecular flexibility index (Phi) is 6.43. The van der Waals surface area contributed by atoms with E-state index in [1.807, 2.05) is 24.3 Å². The molecule has 0 aromatic heterocycles. The Bertz CT molecular complexity index is 821. The van der Waals surface area contributed by atoms with E-state index >= 15 is 0 Å². The molecule has 0 N–H and O–H groups in total. The summed E-state index contributed by atoms with van der Waals surface area (Å²) >= 11 is 5.94. The molecule has 0 radical (unpaired) electrons. The molecule has 2 aromatic rings. The predicted octanol–water partition coefficient (Wildman–Crippen LogP) is 7.84. The Hall–Kier alpha value is -1.71. The van der Waals surface area contributed by atoms with Crippen LogP contribution in [0.2, 0.25) is 5.02 Å². The van der Waals surface area contributed by atoms with Crippen molar-refractivity contribution in [3.05, 3.63) is 70.2 Å². The first-order valence-corrected chi connectivity index (χ1v) is 11.5. The van der Waals surface area contributed by atoms with E-state index < -0.39 is 0 Å². The van der Waals surface area contributed by atoms with Crippen LogP contribution in [0.15, 0.2) is 48.5 Å². The Balaban J connectivity index is 1.37. The highest BCUT2D eigenvalue weighted by atomic mass is 35.5. The van der Waals surface area contributed by atoms with Crippen LogP contribution < -0.4 is 0 Å². The molecular formula is C27H31Cl. The number of benzene rings is 2. The summed E-state index contributed by atoms with van der Waals surface area (Å²) in [6.45, 7) is 2.34. The summed E-state index contributed by atoms with van der Waals surface area (Å²) in [4.78, 5) is 0. The minimum atomic E-state index is 0.752. The fourth-order valence-electron chi connectivity index (χ4n) is 5.48. The van der Waals surface area contributed by atoms with Gasteiger partial charge in [-0.1, -0.05) is 61.8 Å². The Morgan fingerprint density at radius 2 is 1.39 bits per heavy atom. The van der Waals surface area contributed by atoms with Gasteiger partial charge in [-0.3, -0.25) is 0 Å². The lowest BCUT2D eigenvalue weighted by Gasteiger charge is -2.42. The third-order valence-corrected chi connectivity index (χ3v) is 7.25. The first kappa shape index (κ1) is 19.6. The van der Waals surface area contributed by atoms with E-state index in [4.69, 9.17) is 11.6 Å². The number of hydrogen-bond acceptors (Lipinski definition) is 0. The molecule has 28 heavy (non-hydrogen) atoms.